The Labute approximate surface area is 121 Å². The van der Waals surface area contributed by atoms with Crippen LogP contribution in [0.1, 0.15) is 37.5 Å². The minimum Gasteiger partial charge on any atom is -0.352 e. The van der Waals surface area contributed by atoms with Crippen LogP contribution in [-0.4, -0.2) is 24.4 Å². The fourth-order valence-corrected chi connectivity index (χ4v) is 2.46. The highest BCUT2D eigenvalue weighted by Crippen LogP contribution is 2.26. The number of amides is 2. The summed E-state index contributed by atoms with van der Waals surface area (Å²) < 4.78 is 0. The van der Waals surface area contributed by atoms with Gasteiger partial charge in [0.15, 0.2) is 0 Å². The van der Waals surface area contributed by atoms with E-state index in [1.165, 1.54) is 6.92 Å². The van der Waals surface area contributed by atoms with Crippen molar-refractivity contribution in [3.63, 3.8) is 0 Å². The zero-order valence-electron chi connectivity index (χ0n) is 13.2. The van der Waals surface area contributed by atoms with E-state index in [4.69, 9.17) is 0 Å². The number of hydrogen-bond acceptors (Lipinski definition) is 2. The van der Waals surface area contributed by atoms with E-state index in [1.807, 2.05) is 46.8 Å². The highest BCUT2D eigenvalue weighted by Gasteiger charge is 2.19. The fourth-order valence-electron chi connectivity index (χ4n) is 2.46. The van der Waals surface area contributed by atoms with Crippen LogP contribution in [0.2, 0.25) is 0 Å². The van der Waals surface area contributed by atoms with Crippen molar-refractivity contribution in [3.05, 3.63) is 28.8 Å². The first-order valence-electron chi connectivity index (χ1n) is 6.87. The quantitative estimate of drug-likeness (QED) is 0.918. The molecular formula is C16H24N2O2. The monoisotopic (exact) mass is 276 g/mol. The van der Waals surface area contributed by atoms with E-state index in [-0.39, 0.29) is 24.4 Å². The predicted octanol–water partition coefficient (Wildman–Crippen LogP) is 2.49. The van der Waals surface area contributed by atoms with Gasteiger partial charge in [-0.05, 0) is 45.7 Å². The summed E-state index contributed by atoms with van der Waals surface area (Å²) in [5.74, 6) is -0.270. The molecule has 0 saturated carbocycles. The van der Waals surface area contributed by atoms with Crippen LogP contribution in [0.5, 0.6) is 0 Å². The highest BCUT2D eigenvalue weighted by molar-refractivity contribution is 5.98. The van der Waals surface area contributed by atoms with Crippen LogP contribution in [0.25, 0.3) is 0 Å². The maximum absolute atomic E-state index is 11.9. The van der Waals surface area contributed by atoms with Crippen molar-refractivity contribution in [3.8, 4) is 0 Å². The summed E-state index contributed by atoms with van der Waals surface area (Å²) in [4.78, 5) is 25.4. The number of carbonyl (C=O) groups is 2. The van der Waals surface area contributed by atoms with Gasteiger partial charge in [-0.1, -0.05) is 17.7 Å². The molecule has 4 heteroatoms. The number of nitrogens with zero attached hydrogens (tertiary/aromatic N) is 1. The molecule has 0 radical (unpaired) electrons. The molecule has 1 aromatic carbocycles. The number of rotatable bonds is 4. The molecule has 0 aliphatic carbocycles. The molecule has 4 nitrogen and oxygen atoms in total. The van der Waals surface area contributed by atoms with E-state index in [2.05, 4.69) is 5.32 Å². The van der Waals surface area contributed by atoms with E-state index in [9.17, 15) is 9.59 Å². The first kappa shape index (κ1) is 16.2. The molecule has 0 heterocycles. The van der Waals surface area contributed by atoms with E-state index >= 15 is 0 Å². The lowest BCUT2D eigenvalue weighted by Gasteiger charge is -2.25. The Morgan fingerprint density at radius 1 is 1.15 bits per heavy atom. The molecule has 20 heavy (non-hydrogen) atoms. The van der Waals surface area contributed by atoms with Crippen LogP contribution in [0.3, 0.4) is 0 Å². The second-order valence-corrected chi connectivity index (χ2v) is 5.57. The molecule has 0 aromatic heterocycles. The van der Waals surface area contributed by atoms with Crippen LogP contribution < -0.4 is 10.2 Å². The third-order valence-corrected chi connectivity index (χ3v) is 3.04. The summed E-state index contributed by atoms with van der Waals surface area (Å²) in [5, 5.41) is 2.82. The van der Waals surface area contributed by atoms with Crippen molar-refractivity contribution in [1.29, 1.82) is 0 Å². The molecule has 0 aliphatic heterocycles. The normalized spacial score (nSPS) is 10.6. The third-order valence-electron chi connectivity index (χ3n) is 3.04. The molecule has 0 aliphatic rings. The van der Waals surface area contributed by atoms with Gasteiger partial charge < -0.3 is 10.2 Å². The average molecular weight is 276 g/mol. The van der Waals surface area contributed by atoms with Gasteiger partial charge in [-0.3, -0.25) is 9.59 Å². The number of hydrogen-bond donors (Lipinski definition) is 1. The zero-order chi connectivity index (χ0) is 15.4. The molecule has 1 aromatic rings. The predicted molar refractivity (Wildman–Crippen MR) is 82.0 cm³/mol. The molecule has 0 atom stereocenters. The number of aryl methyl sites for hydroxylation is 3. The lowest BCUT2D eigenvalue weighted by atomic mass is 10.0. The van der Waals surface area contributed by atoms with Crippen molar-refractivity contribution in [1.82, 2.24) is 5.32 Å². The van der Waals surface area contributed by atoms with Gasteiger partial charge in [-0.2, -0.15) is 0 Å². The van der Waals surface area contributed by atoms with Crippen molar-refractivity contribution >= 4 is 17.5 Å². The van der Waals surface area contributed by atoms with Crippen LogP contribution in [-0.2, 0) is 9.59 Å². The molecule has 0 saturated heterocycles. The van der Waals surface area contributed by atoms with Crippen LogP contribution in [0.4, 0.5) is 5.69 Å². The first-order chi connectivity index (χ1) is 9.22. The second-order valence-electron chi connectivity index (χ2n) is 5.57. The number of nitrogens with one attached hydrogen (secondary N) is 1. The summed E-state index contributed by atoms with van der Waals surface area (Å²) >= 11 is 0. The van der Waals surface area contributed by atoms with E-state index in [0.29, 0.717) is 0 Å². The van der Waals surface area contributed by atoms with Crippen molar-refractivity contribution in [2.45, 2.75) is 47.6 Å². The Morgan fingerprint density at radius 2 is 1.65 bits per heavy atom. The smallest absolute Gasteiger partial charge is 0.240 e. The molecule has 110 valence electrons. The molecule has 0 bridgehead atoms. The molecule has 0 spiro atoms. The van der Waals surface area contributed by atoms with Gasteiger partial charge in [0.05, 0.1) is 5.69 Å². The van der Waals surface area contributed by atoms with Gasteiger partial charge in [0.25, 0.3) is 0 Å². The lowest BCUT2D eigenvalue weighted by molar-refractivity contribution is -0.123. The SMILES string of the molecule is CC(=O)N(CC(=O)NC(C)C)c1c(C)cc(C)cc1C. The molecule has 0 unspecified atom stereocenters. The molecular weight excluding hydrogens is 252 g/mol. The molecule has 1 rings (SSSR count). The Bertz CT molecular complexity index is 498. The van der Waals surface area contributed by atoms with Gasteiger partial charge in [0, 0.05) is 13.0 Å². The van der Waals surface area contributed by atoms with E-state index in [0.717, 1.165) is 22.4 Å². The maximum Gasteiger partial charge on any atom is 0.240 e. The minimum absolute atomic E-state index is 0.0538. The Kier molecular flexibility index (Phi) is 5.31. The third kappa shape index (κ3) is 4.08. The fraction of sp³-hybridized carbons (Fsp3) is 0.500. The standard InChI is InChI=1S/C16H24N2O2/c1-10(2)17-15(20)9-18(14(6)19)16-12(4)7-11(3)8-13(16)5/h7-8,10H,9H2,1-6H3,(H,17,20). The lowest BCUT2D eigenvalue weighted by Crippen LogP contribution is -2.42. The highest BCUT2D eigenvalue weighted by atomic mass is 16.2. The van der Waals surface area contributed by atoms with E-state index < -0.39 is 0 Å². The van der Waals surface area contributed by atoms with Gasteiger partial charge in [-0.15, -0.1) is 0 Å². The van der Waals surface area contributed by atoms with Crippen molar-refractivity contribution in [2.24, 2.45) is 0 Å². The maximum atomic E-state index is 11.9. The van der Waals surface area contributed by atoms with Gasteiger partial charge in [-0.25, -0.2) is 0 Å². The van der Waals surface area contributed by atoms with Crippen molar-refractivity contribution in [2.75, 3.05) is 11.4 Å². The minimum atomic E-state index is -0.144. The topological polar surface area (TPSA) is 49.4 Å². The Hall–Kier alpha value is -1.84. The number of carbonyl (C=O) groups excluding carboxylic acids is 2. The van der Waals surface area contributed by atoms with E-state index in [1.54, 1.807) is 4.90 Å². The van der Waals surface area contributed by atoms with Gasteiger partial charge in [0.1, 0.15) is 6.54 Å². The van der Waals surface area contributed by atoms with Crippen LogP contribution in [0.15, 0.2) is 12.1 Å². The second kappa shape index (κ2) is 6.55. The summed E-state index contributed by atoms with van der Waals surface area (Å²) in [5.41, 5.74) is 4.01. The van der Waals surface area contributed by atoms with Gasteiger partial charge >= 0.3 is 0 Å². The van der Waals surface area contributed by atoms with Crippen LogP contribution in [0, 0.1) is 20.8 Å². The summed E-state index contributed by atoms with van der Waals surface area (Å²) in [6, 6.07) is 4.12. The first-order valence-corrected chi connectivity index (χ1v) is 6.87. The Balaban J connectivity index is 3.10. The van der Waals surface area contributed by atoms with Crippen molar-refractivity contribution < 1.29 is 9.59 Å². The molecule has 0 fully saturated rings. The summed E-state index contributed by atoms with van der Waals surface area (Å²) in [6.07, 6.45) is 0. The largest absolute Gasteiger partial charge is 0.352 e. The van der Waals surface area contributed by atoms with Crippen LogP contribution >= 0.6 is 0 Å². The average Bonchev–Trinajstić information content (AvgIpc) is 2.24. The number of benzene rings is 1. The summed E-state index contributed by atoms with van der Waals surface area (Å²) in [7, 11) is 0. The van der Waals surface area contributed by atoms with Gasteiger partial charge in [0.2, 0.25) is 11.8 Å². The Morgan fingerprint density at radius 3 is 2.05 bits per heavy atom. The molecule has 1 N–H and O–H groups in total. The summed E-state index contributed by atoms with van der Waals surface area (Å²) in [6.45, 7) is 11.3. The zero-order valence-corrected chi connectivity index (χ0v) is 13.2. The molecule has 2 amide bonds. The number of anilines is 1.